The van der Waals surface area contributed by atoms with Gasteiger partial charge in [0.2, 0.25) is 10.0 Å². The molecule has 0 aromatic heterocycles. The van der Waals surface area contributed by atoms with Gasteiger partial charge in [-0.3, -0.25) is 4.72 Å². The summed E-state index contributed by atoms with van der Waals surface area (Å²) in [5.41, 5.74) is -0.0972. The first-order valence-electron chi connectivity index (χ1n) is 5.60. The number of para-hydroxylation sites is 1. The molecule has 112 valence electrons. The Kier molecular flexibility index (Phi) is 4.38. The summed E-state index contributed by atoms with van der Waals surface area (Å²) in [4.78, 5) is -0.287. The Hall–Kier alpha value is -1.42. The minimum Gasteiger partial charge on any atom is -0.278 e. The summed E-state index contributed by atoms with van der Waals surface area (Å²) in [5.74, 6) is 0. The molecule has 0 amide bonds. The SMILES string of the molecule is NS(=O)(=O)c1ccccc1NS(=O)(=O)c1cccc(Br)c1. The lowest BCUT2D eigenvalue weighted by Crippen LogP contribution is -2.18. The Morgan fingerprint density at radius 3 is 2.24 bits per heavy atom. The number of primary sulfonamides is 1. The smallest absolute Gasteiger partial charge is 0.261 e. The fourth-order valence-corrected chi connectivity index (χ4v) is 4.07. The van der Waals surface area contributed by atoms with Crippen LogP contribution in [0.1, 0.15) is 0 Å². The molecule has 0 saturated carbocycles. The Morgan fingerprint density at radius 1 is 0.952 bits per heavy atom. The molecular weight excluding hydrogens is 380 g/mol. The van der Waals surface area contributed by atoms with Crippen molar-refractivity contribution in [2.45, 2.75) is 9.79 Å². The Bertz CT molecular complexity index is 880. The van der Waals surface area contributed by atoms with E-state index in [-0.39, 0.29) is 15.5 Å². The van der Waals surface area contributed by atoms with Gasteiger partial charge in [0.1, 0.15) is 4.90 Å². The number of benzene rings is 2. The average Bonchev–Trinajstić information content (AvgIpc) is 2.37. The molecule has 0 saturated heterocycles. The molecule has 0 aliphatic rings. The highest BCUT2D eigenvalue weighted by Gasteiger charge is 2.19. The molecule has 0 bridgehead atoms. The number of nitrogens with one attached hydrogen (secondary N) is 1. The normalized spacial score (nSPS) is 12.1. The minimum absolute atomic E-state index is 0.00102. The minimum atomic E-state index is -4.03. The van der Waals surface area contributed by atoms with Crippen molar-refractivity contribution in [3.05, 3.63) is 53.0 Å². The van der Waals surface area contributed by atoms with Gasteiger partial charge in [0.25, 0.3) is 10.0 Å². The number of halogens is 1. The van der Waals surface area contributed by atoms with Gasteiger partial charge in [0.05, 0.1) is 10.6 Å². The van der Waals surface area contributed by atoms with Crippen LogP contribution >= 0.6 is 15.9 Å². The molecule has 0 spiro atoms. The van der Waals surface area contributed by atoms with Crippen molar-refractivity contribution >= 4 is 41.7 Å². The topological polar surface area (TPSA) is 106 Å². The molecule has 2 aromatic rings. The first kappa shape index (κ1) is 16.0. The Morgan fingerprint density at radius 2 is 1.62 bits per heavy atom. The maximum Gasteiger partial charge on any atom is 0.261 e. The van der Waals surface area contributed by atoms with Crippen LogP contribution in [0, 0.1) is 0 Å². The van der Waals surface area contributed by atoms with Crippen molar-refractivity contribution in [1.29, 1.82) is 0 Å². The van der Waals surface area contributed by atoms with Gasteiger partial charge in [-0.25, -0.2) is 22.0 Å². The highest BCUT2D eigenvalue weighted by atomic mass is 79.9. The second-order valence-corrected chi connectivity index (χ2v) is 8.23. The zero-order chi connectivity index (χ0) is 15.7. The fraction of sp³-hybridized carbons (Fsp3) is 0. The van der Waals surface area contributed by atoms with Crippen LogP contribution in [0.4, 0.5) is 5.69 Å². The van der Waals surface area contributed by atoms with Gasteiger partial charge < -0.3 is 0 Å². The van der Waals surface area contributed by atoms with Crippen LogP contribution in [0.3, 0.4) is 0 Å². The van der Waals surface area contributed by atoms with Crippen LogP contribution in [0.25, 0.3) is 0 Å². The summed E-state index contributed by atoms with van der Waals surface area (Å²) >= 11 is 3.18. The van der Waals surface area contributed by atoms with E-state index >= 15 is 0 Å². The molecular formula is C12H11BrN2O4S2. The standard InChI is InChI=1S/C12H11BrN2O4S2/c13-9-4-3-5-10(8-9)21(18,19)15-11-6-1-2-7-12(11)20(14,16)17/h1-8,15H,(H2,14,16,17). The molecule has 0 fully saturated rings. The van der Waals surface area contributed by atoms with Crippen molar-refractivity contribution in [2.75, 3.05) is 4.72 Å². The lowest BCUT2D eigenvalue weighted by Gasteiger charge is -2.11. The molecule has 9 heteroatoms. The molecule has 6 nitrogen and oxygen atoms in total. The second-order valence-electron chi connectivity index (χ2n) is 4.10. The van der Waals surface area contributed by atoms with Gasteiger partial charge in [-0.1, -0.05) is 34.1 Å². The summed E-state index contributed by atoms with van der Waals surface area (Å²) < 4.78 is 50.3. The summed E-state index contributed by atoms with van der Waals surface area (Å²) in [6.07, 6.45) is 0. The molecule has 0 aliphatic heterocycles. The fourth-order valence-electron chi connectivity index (χ4n) is 1.64. The monoisotopic (exact) mass is 390 g/mol. The largest absolute Gasteiger partial charge is 0.278 e. The van der Waals surface area contributed by atoms with Crippen molar-refractivity contribution < 1.29 is 16.8 Å². The van der Waals surface area contributed by atoms with Crippen LogP contribution < -0.4 is 9.86 Å². The van der Waals surface area contributed by atoms with Crippen molar-refractivity contribution in [3.63, 3.8) is 0 Å². The van der Waals surface area contributed by atoms with Crippen LogP contribution in [0.2, 0.25) is 0 Å². The van der Waals surface area contributed by atoms with E-state index in [1.54, 1.807) is 12.1 Å². The highest BCUT2D eigenvalue weighted by Crippen LogP contribution is 2.24. The molecule has 0 atom stereocenters. The summed E-state index contributed by atoms with van der Waals surface area (Å²) in [6, 6.07) is 11.6. The second kappa shape index (κ2) is 5.76. The van der Waals surface area contributed by atoms with Gasteiger partial charge in [0, 0.05) is 4.47 Å². The number of hydrogen-bond donors (Lipinski definition) is 2. The van der Waals surface area contributed by atoms with Gasteiger partial charge in [-0.15, -0.1) is 0 Å². The molecule has 21 heavy (non-hydrogen) atoms. The predicted molar refractivity (Wildman–Crippen MR) is 82.8 cm³/mol. The zero-order valence-electron chi connectivity index (χ0n) is 10.5. The third-order valence-corrected chi connectivity index (χ3v) is 5.37. The van der Waals surface area contributed by atoms with E-state index in [9.17, 15) is 16.8 Å². The van der Waals surface area contributed by atoms with Crippen LogP contribution in [0.15, 0.2) is 62.8 Å². The Labute approximate surface area is 131 Å². The zero-order valence-corrected chi connectivity index (χ0v) is 13.7. The third kappa shape index (κ3) is 3.82. The van der Waals surface area contributed by atoms with E-state index in [0.29, 0.717) is 4.47 Å². The third-order valence-electron chi connectivity index (χ3n) is 2.54. The van der Waals surface area contributed by atoms with E-state index in [1.165, 1.54) is 36.4 Å². The summed E-state index contributed by atoms with van der Waals surface area (Å²) in [6.45, 7) is 0. The van der Waals surface area contributed by atoms with Crippen molar-refractivity contribution in [1.82, 2.24) is 0 Å². The summed E-state index contributed by atoms with van der Waals surface area (Å²) in [7, 11) is -7.95. The quantitative estimate of drug-likeness (QED) is 0.830. The molecule has 3 N–H and O–H groups in total. The number of rotatable bonds is 4. The average molecular weight is 391 g/mol. The molecule has 0 aliphatic carbocycles. The van der Waals surface area contributed by atoms with E-state index in [2.05, 4.69) is 20.7 Å². The predicted octanol–water partition coefficient (Wildman–Crippen LogP) is 1.90. The van der Waals surface area contributed by atoms with Crippen molar-refractivity contribution in [2.24, 2.45) is 5.14 Å². The first-order chi connectivity index (χ1) is 9.70. The summed E-state index contributed by atoms with van der Waals surface area (Å²) in [5, 5.41) is 5.07. The lowest BCUT2D eigenvalue weighted by atomic mass is 10.3. The molecule has 2 aromatic carbocycles. The number of hydrogen-bond acceptors (Lipinski definition) is 4. The number of nitrogens with two attached hydrogens (primary N) is 1. The molecule has 0 unspecified atom stereocenters. The van der Waals surface area contributed by atoms with Crippen LogP contribution in [-0.2, 0) is 20.0 Å². The van der Waals surface area contributed by atoms with E-state index in [0.717, 1.165) is 0 Å². The highest BCUT2D eigenvalue weighted by molar-refractivity contribution is 9.10. The van der Waals surface area contributed by atoms with Crippen LogP contribution in [0.5, 0.6) is 0 Å². The Balaban J connectivity index is 2.48. The van der Waals surface area contributed by atoms with Crippen molar-refractivity contribution in [3.8, 4) is 0 Å². The van der Waals surface area contributed by atoms with Crippen LogP contribution in [-0.4, -0.2) is 16.8 Å². The van der Waals surface area contributed by atoms with Gasteiger partial charge in [-0.2, -0.15) is 0 Å². The maximum atomic E-state index is 12.3. The van der Waals surface area contributed by atoms with E-state index in [1.807, 2.05) is 0 Å². The number of sulfonamides is 2. The molecule has 0 heterocycles. The first-order valence-corrected chi connectivity index (χ1v) is 9.42. The molecule has 0 radical (unpaired) electrons. The van der Waals surface area contributed by atoms with Gasteiger partial charge in [-0.05, 0) is 30.3 Å². The van der Waals surface area contributed by atoms with Gasteiger partial charge >= 0.3 is 0 Å². The van der Waals surface area contributed by atoms with E-state index < -0.39 is 20.0 Å². The maximum absolute atomic E-state index is 12.3. The number of anilines is 1. The molecule has 2 rings (SSSR count). The van der Waals surface area contributed by atoms with E-state index in [4.69, 9.17) is 5.14 Å². The lowest BCUT2D eigenvalue weighted by molar-refractivity contribution is 0.598. The van der Waals surface area contributed by atoms with Gasteiger partial charge in [0.15, 0.2) is 0 Å².